The Bertz CT molecular complexity index is 272. The Morgan fingerprint density at radius 3 is 1.15 bits per heavy atom. The molecule has 0 aromatic heterocycles. The number of halogens is 1. The minimum absolute atomic E-state index is 0. The largest absolute Gasteiger partial charge is 0.325 e. The first-order chi connectivity index (χ1) is 12.5. The number of rotatable bonds is 20. The van der Waals surface area contributed by atoms with Crippen molar-refractivity contribution in [3.63, 3.8) is 0 Å². The average molecular weight is 404 g/mol. The van der Waals surface area contributed by atoms with Crippen LogP contribution in [0.4, 0.5) is 0 Å². The summed E-state index contributed by atoms with van der Waals surface area (Å²) in [7, 11) is 0. The minimum Gasteiger partial charge on any atom is -0.325 e. The van der Waals surface area contributed by atoms with E-state index in [1.807, 2.05) is 0 Å². The van der Waals surface area contributed by atoms with Gasteiger partial charge in [0.2, 0.25) is 0 Å². The smallest absolute Gasteiger partial charge is 0.0125 e. The first-order valence-corrected chi connectivity index (χ1v) is 12.3. The molecular formula is C25H54ClN. The maximum atomic E-state index is 6.33. The van der Waals surface area contributed by atoms with Gasteiger partial charge >= 0.3 is 0 Å². The highest BCUT2D eigenvalue weighted by Crippen LogP contribution is 2.25. The van der Waals surface area contributed by atoms with E-state index in [0.717, 1.165) is 0 Å². The standard InChI is InChI=1S/C25H53N.ClH/c1-5-7-8-9-10-11-12-13-14-15-16-17-18-19-20-21-23-24(22-6-2)25(3,4)26;/h24H,5-23,26H2,1-4H3;1H. The molecule has 0 bridgehead atoms. The Kier molecular flexibility index (Phi) is 22.9. The molecule has 0 spiro atoms. The molecule has 0 aromatic carbocycles. The maximum absolute atomic E-state index is 6.33. The minimum atomic E-state index is 0. The molecule has 0 radical (unpaired) electrons. The third-order valence-electron chi connectivity index (χ3n) is 6.10. The summed E-state index contributed by atoms with van der Waals surface area (Å²) in [6.07, 6.45) is 27.0. The Morgan fingerprint density at radius 2 is 0.852 bits per heavy atom. The molecule has 0 saturated carbocycles. The van der Waals surface area contributed by atoms with E-state index in [2.05, 4.69) is 27.7 Å². The van der Waals surface area contributed by atoms with Crippen molar-refractivity contribution in [1.82, 2.24) is 0 Å². The van der Waals surface area contributed by atoms with Crippen molar-refractivity contribution in [2.24, 2.45) is 11.7 Å². The van der Waals surface area contributed by atoms with Crippen LogP contribution in [0.2, 0.25) is 0 Å². The Labute approximate surface area is 179 Å². The van der Waals surface area contributed by atoms with Crippen LogP contribution in [-0.4, -0.2) is 5.54 Å². The van der Waals surface area contributed by atoms with Gasteiger partial charge in [-0.15, -0.1) is 12.4 Å². The van der Waals surface area contributed by atoms with Crippen molar-refractivity contribution in [3.8, 4) is 0 Å². The molecule has 1 atom stereocenters. The third kappa shape index (κ3) is 20.8. The van der Waals surface area contributed by atoms with E-state index in [-0.39, 0.29) is 17.9 Å². The molecule has 0 saturated heterocycles. The molecule has 27 heavy (non-hydrogen) atoms. The number of nitrogens with two attached hydrogens (primary N) is 1. The van der Waals surface area contributed by atoms with Crippen LogP contribution < -0.4 is 5.73 Å². The highest BCUT2D eigenvalue weighted by Gasteiger charge is 2.23. The van der Waals surface area contributed by atoms with Gasteiger partial charge in [0.15, 0.2) is 0 Å². The van der Waals surface area contributed by atoms with Crippen LogP contribution in [0.15, 0.2) is 0 Å². The summed E-state index contributed by atoms with van der Waals surface area (Å²) in [5.74, 6) is 0.708. The fourth-order valence-electron chi connectivity index (χ4n) is 4.18. The van der Waals surface area contributed by atoms with E-state index in [1.165, 1.54) is 122 Å². The maximum Gasteiger partial charge on any atom is 0.0125 e. The average Bonchev–Trinajstić information content (AvgIpc) is 2.59. The second-order valence-corrected chi connectivity index (χ2v) is 9.40. The highest BCUT2D eigenvalue weighted by molar-refractivity contribution is 5.85. The van der Waals surface area contributed by atoms with Gasteiger partial charge in [-0.1, -0.05) is 123 Å². The summed E-state index contributed by atoms with van der Waals surface area (Å²) in [4.78, 5) is 0. The van der Waals surface area contributed by atoms with Gasteiger partial charge in [0.1, 0.15) is 0 Å². The molecule has 1 unspecified atom stereocenters. The van der Waals surface area contributed by atoms with Crippen LogP contribution in [0, 0.1) is 5.92 Å². The summed E-state index contributed by atoms with van der Waals surface area (Å²) in [5.41, 5.74) is 6.34. The fraction of sp³-hybridized carbons (Fsp3) is 1.00. The van der Waals surface area contributed by atoms with E-state index in [9.17, 15) is 0 Å². The van der Waals surface area contributed by atoms with E-state index in [0.29, 0.717) is 5.92 Å². The molecule has 0 fully saturated rings. The monoisotopic (exact) mass is 403 g/mol. The highest BCUT2D eigenvalue weighted by atomic mass is 35.5. The van der Waals surface area contributed by atoms with Crippen LogP contribution in [0.25, 0.3) is 0 Å². The zero-order valence-electron chi connectivity index (χ0n) is 19.5. The fourth-order valence-corrected chi connectivity index (χ4v) is 4.18. The van der Waals surface area contributed by atoms with Crippen LogP contribution in [-0.2, 0) is 0 Å². The van der Waals surface area contributed by atoms with Gasteiger partial charge < -0.3 is 5.73 Å². The van der Waals surface area contributed by atoms with Gasteiger partial charge in [-0.3, -0.25) is 0 Å². The summed E-state index contributed by atoms with van der Waals surface area (Å²) < 4.78 is 0. The Balaban J connectivity index is 0. The predicted molar refractivity (Wildman–Crippen MR) is 128 cm³/mol. The van der Waals surface area contributed by atoms with Crippen molar-refractivity contribution in [2.45, 2.75) is 155 Å². The molecule has 0 rings (SSSR count). The molecule has 1 nitrogen and oxygen atoms in total. The van der Waals surface area contributed by atoms with Crippen LogP contribution in [0.5, 0.6) is 0 Å². The number of hydrogen-bond acceptors (Lipinski definition) is 1. The molecule has 0 aliphatic carbocycles. The second-order valence-electron chi connectivity index (χ2n) is 9.40. The lowest BCUT2D eigenvalue weighted by Gasteiger charge is -2.30. The molecule has 0 aliphatic heterocycles. The van der Waals surface area contributed by atoms with Crippen molar-refractivity contribution >= 4 is 12.4 Å². The van der Waals surface area contributed by atoms with Crippen LogP contribution >= 0.6 is 12.4 Å². The molecular weight excluding hydrogens is 350 g/mol. The third-order valence-corrected chi connectivity index (χ3v) is 6.10. The molecule has 0 heterocycles. The van der Waals surface area contributed by atoms with E-state index < -0.39 is 0 Å². The summed E-state index contributed by atoms with van der Waals surface area (Å²) in [5, 5.41) is 0. The zero-order chi connectivity index (χ0) is 19.5. The molecule has 0 amide bonds. The van der Waals surface area contributed by atoms with Crippen molar-refractivity contribution in [3.05, 3.63) is 0 Å². The van der Waals surface area contributed by atoms with Crippen LogP contribution in [0.1, 0.15) is 150 Å². The van der Waals surface area contributed by atoms with Crippen LogP contribution in [0.3, 0.4) is 0 Å². The van der Waals surface area contributed by atoms with E-state index >= 15 is 0 Å². The van der Waals surface area contributed by atoms with Crippen molar-refractivity contribution < 1.29 is 0 Å². The molecule has 166 valence electrons. The quantitative estimate of drug-likeness (QED) is 0.201. The van der Waals surface area contributed by atoms with Gasteiger partial charge in [-0.25, -0.2) is 0 Å². The molecule has 0 aliphatic rings. The summed E-state index contributed by atoms with van der Waals surface area (Å²) in [6, 6.07) is 0. The van der Waals surface area contributed by atoms with Gasteiger partial charge in [0.25, 0.3) is 0 Å². The van der Waals surface area contributed by atoms with Gasteiger partial charge in [0.05, 0.1) is 0 Å². The van der Waals surface area contributed by atoms with E-state index in [1.54, 1.807) is 0 Å². The second kappa shape index (κ2) is 21.0. The lowest BCUT2D eigenvalue weighted by atomic mass is 9.81. The Hall–Kier alpha value is 0.250. The Morgan fingerprint density at radius 1 is 0.519 bits per heavy atom. The molecule has 2 N–H and O–H groups in total. The topological polar surface area (TPSA) is 26.0 Å². The lowest BCUT2D eigenvalue weighted by molar-refractivity contribution is 0.273. The molecule has 0 aromatic rings. The number of hydrogen-bond donors (Lipinski definition) is 1. The first-order valence-electron chi connectivity index (χ1n) is 12.3. The normalized spacial score (nSPS) is 12.8. The zero-order valence-corrected chi connectivity index (χ0v) is 20.3. The van der Waals surface area contributed by atoms with Crippen molar-refractivity contribution in [2.75, 3.05) is 0 Å². The van der Waals surface area contributed by atoms with E-state index in [4.69, 9.17) is 5.73 Å². The van der Waals surface area contributed by atoms with Gasteiger partial charge in [-0.2, -0.15) is 0 Å². The van der Waals surface area contributed by atoms with Gasteiger partial charge in [0, 0.05) is 5.54 Å². The number of unbranched alkanes of at least 4 members (excludes halogenated alkanes) is 15. The van der Waals surface area contributed by atoms with Gasteiger partial charge in [-0.05, 0) is 32.6 Å². The summed E-state index contributed by atoms with van der Waals surface area (Å²) >= 11 is 0. The lowest BCUT2D eigenvalue weighted by Crippen LogP contribution is -2.40. The first kappa shape index (κ1) is 29.5. The SMILES string of the molecule is CCCCCCCCCCCCCCCCCCC(CCC)C(C)(C)N.Cl. The van der Waals surface area contributed by atoms with Crippen molar-refractivity contribution in [1.29, 1.82) is 0 Å². The predicted octanol–water partition coefficient (Wildman–Crippen LogP) is 9.21. The molecule has 2 heteroatoms. The summed E-state index contributed by atoms with van der Waals surface area (Å²) in [6.45, 7) is 9.00.